The molecule has 1 aliphatic heterocycles. The third-order valence-electron chi connectivity index (χ3n) is 4.79. The van der Waals surface area contributed by atoms with Crippen molar-refractivity contribution in [2.45, 2.75) is 12.8 Å². The fourth-order valence-electron chi connectivity index (χ4n) is 3.48. The number of nitrogens with one attached hydrogen (secondary N) is 1. The summed E-state index contributed by atoms with van der Waals surface area (Å²) in [6.45, 7) is 1.58. The molecule has 0 spiro atoms. The van der Waals surface area contributed by atoms with Crippen molar-refractivity contribution in [3.8, 4) is 17.0 Å². The smallest absolute Gasteiger partial charge is 0.293 e. The zero-order chi connectivity index (χ0) is 18.3. The Balaban J connectivity index is 1.90. The molecular formula is C19H17N3O4. The van der Waals surface area contributed by atoms with Gasteiger partial charge in [0.05, 0.1) is 10.6 Å². The number of rotatable bonds is 3. The number of nitro benzene ring substituents is 1. The molecule has 1 aliphatic rings. The molecule has 2 heterocycles. The lowest BCUT2D eigenvalue weighted by Gasteiger charge is -2.18. The molecular weight excluding hydrogens is 334 g/mol. The molecule has 0 atom stereocenters. The van der Waals surface area contributed by atoms with Gasteiger partial charge in [-0.25, -0.2) is 0 Å². The Kier molecular flexibility index (Phi) is 3.84. The van der Waals surface area contributed by atoms with Crippen molar-refractivity contribution in [2.24, 2.45) is 0 Å². The number of aromatic amines is 1. The lowest BCUT2D eigenvalue weighted by atomic mass is 10.1. The summed E-state index contributed by atoms with van der Waals surface area (Å²) >= 11 is 0. The number of fused-ring (bicyclic) bond motifs is 1. The average molecular weight is 351 g/mol. The maximum absolute atomic E-state index is 12.4. The van der Waals surface area contributed by atoms with Crippen LogP contribution < -0.4 is 10.3 Å². The highest BCUT2D eigenvalue weighted by molar-refractivity contribution is 5.85. The SMILES string of the molecule is O=c1c(O)c(-c2ccc(N3CCCC3)c([N+](=O)[O-])c2)[nH]c2ccccc12. The first-order valence-corrected chi connectivity index (χ1v) is 8.44. The summed E-state index contributed by atoms with van der Waals surface area (Å²) in [5, 5.41) is 22.3. The molecule has 0 bridgehead atoms. The van der Waals surface area contributed by atoms with E-state index in [1.165, 1.54) is 6.07 Å². The molecule has 1 aromatic heterocycles. The van der Waals surface area contributed by atoms with E-state index >= 15 is 0 Å². The van der Waals surface area contributed by atoms with Crippen LogP contribution in [0.5, 0.6) is 5.75 Å². The van der Waals surface area contributed by atoms with Crippen LogP contribution in [0, 0.1) is 10.1 Å². The topological polar surface area (TPSA) is 99.5 Å². The number of hydrogen-bond donors (Lipinski definition) is 2. The number of hydrogen-bond acceptors (Lipinski definition) is 5. The van der Waals surface area contributed by atoms with Gasteiger partial charge in [0.15, 0.2) is 5.75 Å². The van der Waals surface area contributed by atoms with E-state index in [2.05, 4.69) is 4.98 Å². The summed E-state index contributed by atoms with van der Waals surface area (Å²) in [7, 11) is 0. The zero-order valence-corrected chi connectivity index (χ0v) is 13.9. The molecule has 0 saturated carbocycles. The first-order chi connectivity index (χ1) is 12.6. The van der Waals surface area contributed by atoms with Crippen molar-refractivity contribution in [1.29, 1.82) is 0 Å². The second-order valence-corrected chi connectivity index (χ2v) is 6.38. The van der Waals surface area contributed by atoms with Crippen LogP contribution in [0.3, 0.4) is 0 Å². The van der Waals surface area contributed by atoms with Gasteiger partial charge in [-0.1, -0.05) is 18.2 Å². The number of nitrogens with zero attached hydrogens (tertiary/aromatic N) is 2. The summed E-state index contributed by atoms with van der Waals surface area (Å²) in [5.74, 6) is -0.438. The number of pyridine rings is 1. The quantitative estimate of drug-likeness (QED) is 0.556. The Labute approximate surface area is 148 Å². The number of nitro groups is 1. The fraction of sp³-hybridized carbons (Fsp3) is 0.211. The predicted molar refractivity (Wildman–Crippen MR) is 99.8 cm³/mol. The van der Waals surface area contributed by atoms with Crippen LogP contribution in [-0.2, 0) is 0 Å². The largest absolute Gasteiger partial charge is 0.503 e. The number of anilines is 1. The van der Waals surface area contributed by atoms with E-state index in [1.54, 1.807) is 36.4 Å². The van der Waals surface area contributed by atoms with E-state index in [0.717, 1.165) is 25.9 Å². The monoisotopic (exact) mass is 351 g/mol. The lowest BCUT2D eigenvalue weighted by molar-refractivity contribution is -0.384. The van der Waals surface area contributed by atoms with Gasteiger partial charge in [-0.3, -0.25) is 14.9 Å². The molecule has 4 rings (SSSR count). The minimum Gasteiger partial charge on any atom is -0.503 e. The number of para-hydroxylation sites is 1. The standard InChI is InChI=1S/C19H17N3O4/c23-18-13-5-1-2-6-14(13)20-17(19(18)24)12-7-8-15(16(11-12)22(25)26)21-9-3-4-10-21/h1-2,5-8,11,24H,3-4,9-10H2,(H,20,23). The molecule has 7 heteroatoms. The zero-order valence-electron chi connectivity index (χ0n) is 13.9. The number of H-pyrrole nitrogens is 1. The Hall–Kier alpha value is -3.35. The highest BCUT2D eigenvalue weighted by Gasteiger charge is 2.24. The van der Waals surface area contributed by atoms with Gasteiger partial charge in [0.1, 0.15) is 5.69 Å². The highest BCUT2D eigenvalue weighted by atomic mass is 16.6. The fourth-order valence-corrected chi connectivity index (χ4v) is 3.48. The van der Waals surface area contributed by atoms with Crippen LogP contribution in [0.15, 0.2) is 47.3 Å². The Morgan fingerprint density at radius 1 is 1.12 bits per heavy atom. The summed E-state index contributed by atoms with van der Waals surface area (Å²) in [6.07, 6.45) is 2.02. The van der Waals surface area contributed by atoms with Gasteiger partial charge in [-0.05, 0) is 31.0 Å². The molecule has 132 valence electrons. The number of aromatic hydroxyl groups is 1. The molecule has 7 nitrogen and oxygen atoms in total. The van der Waals surface area contributed by atoms with Crippen LogP contribution in [-0.4, -0.2) is 28.1 Å². The molecule has 26 heavy (non-hydrogen) atoms. The Bertz CT molecular complexity index is 1070. The van der Waals surface area contributed by atoms with Gasteiger partial charge in [0.25, 0.3) is 5.69 Å². The second kappa shape index (κ2) is 6.18. The van der Waals surface area contributed by atoms with E-state index in [-0.39, 0.29) is 11.4 Å². The summed E-state index contributed by atoms with van der Waals surface area (Å²) in [4.78, 5) is 28.6. The van der Waals surface area contributed by atoms with Crippen LogP contribution in [0.4, 0.5) is 11.4 Å². The molecule has 0 aliphatic carbocycles. The van der Waals surface area contributed by atoms with E-state index in [9.17, 15) is 20.0 Å². The van der Waals surface area contributed by atoms with Gasteiger partial charge in [0, 0.05) is 35.6 Å². The number of benzene rings is 2. The molecule has 0 amide bonds. The average Bonchev–Trinajstić information content (AvgIpc) is 3.19. The van der Waals surface area contributed by atoms with Gasteiger partial charge in [-0.2, -0.15) is 0 Å². The van der Waals surface area contributed by atoms with Crippen molar-refractivity contribution in [3.63, 3.8) is 0 Å². The number of aromatic nitrogens is 1. The minimum absolute atomic E-state index is 0.0298. The summed E-state index contributed by atoms with van der Waals surface area (Å²) in [5.41, 5.74) is 1.19. The van der Waals surface area contributed by atoms with E-state index in [0.29, 0.717) is 22.2 Å². The molecule has 2 aromatic carbocycles. The maximum atomic E-state index is 12.4. The molecule has 0 radical (unpaired) electrons. The predicted octanol–water partition coefficient (Wildman–Crippen LogP) is 3.41. The Morgan fingerprint density at radius 2 is 1.85 bits per heavy atom. The van der Waals surface area contributed by atoms with E-state index in [1.807, 2.05) is 4.90 Å². The lowest BCUT2D eigenvalue weighted by Crippen LogP contribution is -2.18. The van der Waals surface area contributed by atoms with Crippen LogP contribution in [0.25, 0.3) is 22.2 Å². The normalized spacial score (nSPS) is 14.1. The Morgan fingerprint density at radius 3 is 2.58 bits per heavy atom. The maximum Gasteiger partial charge on any atom is 0.293 e. The molecule has 2 N–H and O–H groups in total. The van der Waals surface area contributed by atoms with Crippen molar-refractivity contribution >= 4 is 22.3 Å². The van der Waals surface area contributed by atoms with Crippen LogP contribution in [0.2, 0.25) is 0 Å². The summed E-state index contributed by atoms with van der Waals surface area (Å²) in [6, 6.07) is 11.6. The molecule has 1 saturated heterocycles. The molecule has 3 aromatic rings. The minimum atomic E-state index is -0.499. The molecule has 1 fully saturated rings. The van der Waals surface area contributed by atoms with Crippen LogP contribution in [0.1, 0.15) is 12.8 Å². The second-order valence-electron chi connectivity index (χ2n) is 6.38. The van der Waals surface area contributed by atoms with Gasteiger partial charge in [-0.15, -0.1) is 0 Å². The third-order valence-corrected chi connectivity index (χ3v) is 4.79. The first kappa shape index (κ1) is 16.1. The van der Waals surface area contributed by atoms with Crippen LogP contribution >= 0.6 is 0 Å². The van der Waals surface area contributed by atoms with Gasteiger partial charge < -0.3 is 15.0 Å². The third kappa shape index (κ3) is 2.57. The van der Waals surface area contributed by atoms with E-state index < -0.39 is 16.1 Å². The molecule has 0 unspecified atom stereocenters. The van der Waals surface area contributed by atoms with E-state index in [4.69, 9.17) is 0 Å². The van der Waals surface area contributed by atoms with Crippen molar-refractivity contribution in [3.05, 3.63) is 62.8 Å². The highest BCUT2D eigenvalue weighted by Crippen LogP contribution is 2.36. The van der Waals surface area contributed by atoms with Gasteiger partial charge >= 0.3 is 0 Å². The van der Waals surface area contributed by atoms with Crippen molar-refractivity contribution in [2.75, 3.05) is 18.0 Å². The van der Waals surface area contributed by atoms with Crippen molar-refractivity contribution < 1.29 is 10.0 Å². The summed E-state index contributed by atoms with van der Waals surface area (Å²) < 4.78 is 0. The van der Waals surface area contributed by atoms with Crippen molar-refractivity contribution in [1.82, 2.24) is 4.98 Å². The first-order valence-electron chi connectivity index (χ1n) is 8.44. The van der Waals surface area contributed by atoms with Gasteiger partial charge in [0.2, 0.25) is 5.43 Å².